The van der Waals surface area contributed by atoms with Crippen molar-refractivity contribution in [3.05, 3.63) is 23.7 Å². The van der Waals surface area contributed by atoms with E-state index in [0.717, 1.165) is 11.0 Å². The fraction of sp³-hybridized carbons (Fsp3) is 0.588. The van der Waals surface area contributed by atoms with Crippen molar-refractivity contribution in [3.63, 3.8) is 0 Å². The summed E-state index contributed by atoms with van der Waals surface area (Å²) in [7, 11) is 3.07. The molecule has 9 heteroatoms. The van der Waals surface area contributed by atoms with Crippen LogP contribution in [0, 0.1) is 5.92 Å². The Morgan fingerprint density at radius 1 is 1.38 bits per heavy atom. The SMILES string of the molecule is CON(C)C(=O)[C@H]1C[C@@H](n2ccc3c(Cl)ncnc32)[C@@H]2OC(C)(C)O[C@@H]21. The number of carbonyl (C=O) groups excluding carboxylic acids is 1. The van der Waals surface area contributed by atoms with Gasteiger partial charge in [-0.05, 0) is 26.3 Å². The van der Waals surface area contributed by atoms with E-state index in [-0.39, 0.29) is 30.1 Å². The summed E-state index contributed by atoms with van der Waals surface area (Å²) in [5, 5.41) is 2.41. The summed E-state index contributed by atoms with van der Waals surface area (Å²) in [6.07, 6.45) is 3.28. The van der Waals surface area contributed by atoms with E-state index >= 15 is 0 Å². The summed E-state index contributed by atoms with van der Waals surface area (Å²) < 4.78 is 14.2. The fourth-order valence-electron chi connectivity index (χ4n) is 4.00. The molecule has 1 amide bonds. The normalized spacial score (nSPS) is 29.9. The van der Waals surface area contributed by atoms with Crippen LogP contribution in [0.5, 0.6) is 0 Å². The summed E-state index contributed by atoms with van der Waals surface area (Å²) in [4.78, 5) is 26.2. The number of hydroxylamine groups is 2. The summed E-state index contributed by atoms with van der Waals surface area (Å²) in [6.45, 7) is 3.72. The molecule has 4 rings (SSSR count). The second kappa shape index (κ2) is 6.16. The zero-order valence-electron chi connectivity index (χ0n) is 15.0. The van der Waals surface area contributed by atoms with Crippen LogP contribution in [0.2, 0.25) is 5.15 Å². The van der Waals surface area contributed by atoms with Crippen LogP contribution < -0.4 is 0 Å². The van der Waals surface area contributed by atoms with E-state index in [4.69, 9.17) is 25.9 Å². The Labute approximate surface area is 155 Å². The zero-order chi connectivity index (χ0) is 18.6. The minimum atomic E-state index is -0.756. The van der Waals surface area contributed by atoms with Crippen LogP contribution in [0.25, 0.3) is 11.0 Å². The lowest BCUT2D eigenvalue weighted by Crippen LogP contribution is -2.38. The number of halogens is 1. The number of amides is 1. The third-order valence-corrected chi connectivity index (χ3v) is 5.46. The average molecular weight is 381 g/mol. The quantitative estimate of drug-likeness (QED) is 0.600. The third kappa shape index (κ3) is 2.68. The molecule has 26 heavy (non-hydrogen) atoms. The van der Waals surface area contributed by atoms with Crippen molar-refractivity contribution < 1.29 is 19.1 Å². The first-order valence-corrected chi connectivity index (χ1v) is 8.84. The van der Waals surface area contributed by atoms with Crippen LogP contribution in [0.3, 0.4) is 0 Å². The Balaban J connectivity index is 1.74. The molecule has 3 heterocycles. The number of carbonyl (C=O) groups is 1. The molecule has 0 unspecified atom stereocenters. The van der Waals surface area contributed by atoms with Gasteiger partial charge in [0.1, 0.15) is 29.3 Å². The highest BCUT2D eigenvalue weighted by molar-refractivity contribution is 6.33. The Bertz CT molecular complexity index is 854. The van der Waals surface area contributed by atoms with Gasteiger partial charge in [0.25, 0.3) is 5.91 Å². The second-order valence-electron chi connectivity index (χ2n) is 7.12. The largest absolute Gasteiger partial charge is 0.344 e. The standard InChI is InChI=1S/C17H21ClN4O4/c1-17(2)25-12-10(16(23)21(3)24-4)7-11(13(12)26-17)22-6-5-9-14(18)19-8-20-15(9)22/h5-6,8,10-13H,7H2,1-4H3/t10-,11+,12+,13-/m0/s1. The minimum absolute atomic E-state index is 0.107. The van der Waals surface area contributed by atoms with E-state index < -0.39 is 5.79 Å². The molecule has 2 aromatic heterocycles. The van der Waals surface area contributed by atoms with Crippen molar-refractivity contribution in [1.29, 1.82) is 0 Å². The number of nitrogens with zero attached hydrogens (tertiary/aromatic N) is 4. The van der Waals surface area contributed by atoms with Gasteiger partial charge in [0, 0.05) is 13.2 Å². The molecule has 1 saturated carbocycles. The maximum absolute atomic E-state index is 12.8. The Morgan fingerprint density at radius 3 is 2.85 bits per heavy atom. The van der Waals surface area contributed by atoms with Crippen molar-refractivity contribution in [3.8, 4) is 0 Å². The number of hydrogen-bond donors (Lipinski definition) is 0. The number of rotatable bonds is 3. The van der Waals surface area contributed by atoms with Gasteiger partial charge < -0.3 is 14.0 Å². The van der Waals surface area contributed by atoms with E-state index in [9.17, 15) is 4.79 Å². The van der Waals surface area contributed by atoms with Gasteiger partial charge in [-0.2, -0.15) is 0 Å². The summed E-state index contributed by atoms with van der Waals surface area (Å²) >= 11 is 6.18. The maximum atomic E-state index is 12.8. The molecule has 0 aromatic carbocycles. The molecule has 8 nitrogen and oxygen atoms in total. The lowest BCUT2D eigenvalue weighted by Gasteiger charge is -2.25. The molecule has 0 radical (unpaired) electrons. The summed E-state index contributed by atoms with van der Waals surface area (Å²) in [6, 6.07) is 1.77. The summed E-state index contributed by atoms with van der Waals surface area (Å²) in [5.74, 6) is -1.25. The minimum Gasteiger partial charge on any atom is -0.344 e. The van der Waals surface area contributed by atoms with Gasteiger partial charge in [-0.1, -0.05) is 11.6 Å². The topological polar surface area (TPSA) is 78.7 Å². The molecule has 4 atom stereocenters. The van der Waals surface area contributed by atoms with E-state index in [2.05, 4.69) is 9.97 Å². The molecule has 2 aliphatic rings. The van der Waals surface area contributed by atoms with Crippen molar-refractivity contribution in [2.24, 2.45) is 5.92 Å². The van der Waals surface area contributed by atoms with E-state index in [1.165, 1.54) is 18.5 Å². The fourth-order valence-corrected chi connectivity index (χ4v) is 4.19. The maximum Gasteiger partial charge on any atom is 0.251 e. The van der Waals surface area contributed by atoms with Crippen LogP contribution in [0.15, 0.2) is 18.6 Å². The lowest BCUT2D eigenvalue weighted by molar-refractivity contribution is -0.184. The predicted molar refractivity (Wildman–Crippen MR) is 93.3 cm³/mol. The lowest BCUT2D eigenvalue weighted by atomic mass is 10.0. The average Bonchev–Trinajstić information content (AvgIpc) is 3.24. The Hall–Kier alpha value is -1.74. The highest BCUT2D eigenvalue weighted by atomic mass is 35.5. The van der Waals surface area contributed by atoms with Gasteiger partial charge in [0.15, 0.2) is 5.79 Å². The highest BCUT2D eigenvalue weighted by Crippen LogP contribution is 2.48. The molecule has 140 valence electrons. The first-order chi connectivity index (χ1) is 12.3. The molecular formula is C17H21ClN4O4. The molecule has 0 bridgehead atoms. The van der Waals surface area contributed by atoms with Gasteiger partial charge in [-0.15, -0.1) is 0 Å². The van der Waals surface area contributed by atoms with Crippen molar-refractivity contribution >= 4 is 28.5 Å². The van der Waals surface area contributed by atoms with Gasteiger partial charge in [0.2, 0.25) is 0 Å². The Kier molecular flexibility index (Phi) is 4.18. The molecule has 2 fully saturated rings. The van der Waals surface area contributed by atoms with Crippen molar-refractivity contribution in [2.45, 2.75) is 44.3 Å². The van der Waals surface area contributed by atoms with Gasteiger partial charge in [-0.3, -0.25) is 9.63 Å². The first-order valence-electron chi connectivity index (χ1n) is 8.47. The number of fused-ring (bicyclic) bond motifs is 2. The van der Waals surface area contributed by atoms with E-state index in [1.807, 2.05) is 30.7 Å². The van der Waals surface area contributed by atoms with Crippen molar-refractivity contribution in [2.75, 3.05) is 14.2 Å². The van der Waals surface area contributed by atoms with Crippen molar-refractivity contribution in [1.82, 2.24) is 19.6 Å². The molecule has 1 saturated heterocycles. The van der Waals surface area contributed by atoms with Gasteiger partial charge in [-0.25, -0.2) is 15.0 Å². The third-order valence-electron chi connectivity index (χ3n) is 5.15. The molecule has 1 aliphatic carbocycles. The highest BCUT2D eigenvalue weighted by Gasteiger charge is 2.57. The van der Waals surface area contributed by atoms with E-state index in [1.54, 1.807) is 7.05 Å². The monoisotopic (exact) mass is 380 g/mol. The number of hydrogen-bond acceptors (Lipinski definition) is 6. The Morgan fingerprint density at radius 2 is 2.12 bits per heavy atom. The second-order valence-corrected chi connectivity index (χ2v) is 7.48. The predicted octanol–water partition coefficient (Wildman–Crippen LogP) is 2.19. The number of ether oxygens (including phenoxy) is 2. The smallest absolute Gasteiger partial charge is 0.251 e. The molecule has 0 spiro atoms. The zero-order valence-corrected chi connectivity index (χ0v) is 15.8. The first kappa shape index (κ1) is 17.7. The van der Waals surface area contributed by atoms with Crippen LogP contribution in [-0.2, 0) is 19.1 Å². The number of aromatic nitrogens is 3. The molecule has 0 N–H and O–H groups in total. The van der Waals surface area contributed by atoms with Crippen LogP contribution >= 0.6 is 11.6 Å². The molecular weight excluding hydrogens is 360 g/mol. The molecule has 2 aromatic rings. The molecule has 1 aliphatic heterocycles. The van der Waals surface area contributed by atoms with Crippen LogP contribution in [0.4, 0.5) is 0 Å². The van der Waals surface area contributed by atoms with Gasteiger partial charge >= 0.3 is 0 Å². The van der Waals surface area contributed by atoms with E-state index in [0.29, 0.717) is 11.6 Å². The van der Waals surface area contributed by atoms with Crippen LogP contribution in [-0.4, -0.2) is 57.7 Å². The van der Waals surface area contributed by atoms with Crippen LogP contribution in [0.1, 0.15) is 26.3 Å². The summed E-state index contributed by atoms with van der Waals surface area (Å²) in [5.41, 5.74) is 0.718. The van der Waals surface area contributed by atoms with Gasteiger partial charge in [0.05, 0.1) is 24.5 Å².